The monoisotopic (exact) mass is 560 g/mol. The van der Waals surface area contributed by atoms with Gasteiger partial charge in [-0.25, -0.2) is 4.98 Å². The van der Waals surface area contributed by atoms with Gasteiger partial charge in [-0.15, -0.1) is 0 Å². The number of amides is 1. The zero-order chi connectivity index (χ0) is 28.0. The number of aromatic hydroxyl groups is 1. The predicted octanol–water partition coefficient (Wildman–Crippen LogP) is 4.81. The molecule has 0 saturated carbocycles. The number of carbonyl (C=O) groups excluding carboxylic acids is 2. The second kappa shape index (κ2) is 10.1. The third-order valence-electron chi connectivity index (χ3n) is 6.65. The van der Waals surface area contributed by atoms with Crippen LogP contribution in [-0.4, -0.2) is 53.8 Å². The summed E-state index contributed by atoms with van der Waals surface area (Å²) in [7, 11) is 1.40. The van der Waals surface area contributed by atoms with Crippen LogP contribution in [0.15, 0.2) is 60.2 Å². The Hall–Kier alpha value is -4.77. The van der Waals surface area contributed by atoms with Crippen LogP contribution in [0.1, 0.15) is 24.1 Å². The first kappa shape index (κ1) is 25.5. The molecular weight excluding hydrogens is 536 g/mol. The highest BCUT2D eigenvalue weighted by molar-refractivity contribution is 7.22. The Morgan fingerprint density at radius 2 is 1.88 bits per heavy atom. The molecule has 0 unspecified atom stereocenters. The van der Waals surface area contributed by atoms with Crippen LogP contribution in [0.3, 0.4) is 0 Å². The molecule has 204 valence electrons. The fraction of sp³-hybridized carbons (Fsp3) is 0.207. The van der Waals surface area contributed by atoms with Crippen molar-refractivity contribution in [2.45, 2.75) is 13.0 Å². The molecule has 1 fully saturated rings. The summed E-state index contributed by atoms with van der Waals surface area (Å²) in [5.74, 6) is -0.474. The lowest BCUT2D eigenvalue weighted by Gasteiger charge is -2.24. The molecule has 0 radical (unpaired) electrons. The number of ether oxygens (including phenoxy) is 4. The molecule has 1 amide bonds. The van der Waals surface area contributed by atoms with E-state index in [0.29, 0.717) is 48.1 Å². The lowest BCUT2D eigenvalue weighted by Crippen LogP contribution is -2.29. The van der Waals surface area contributed by atoms with Gasteiger partial charge in [0.05, 0.1) is 35.5 Å². The number of phenols is 1. The quantitative estimate of drug-likeness (QED) is 0.194. The van der Waals surface area contributed by atoms with E-state index in [-0.39, 0.29) is 33.5 Å². The standard InChI is InChI=1S/C29H24N2O8S/c1-3-37-17-6-7-18-23(14-17)40-29(30-18)31-25(15-4-8-19(32)21(12-15)36-2)24(27(34)28(31)35)26(33)16-5-9-20-22(13-16)39-11-10-38-20/h4-9,12-14,25,32-33H,3,10-11H2,1-2H3/t25-/m1/s1. The number of anilines is 1. The number of thiazole rings is 1. The molecule has 3 heterocycles. The van der Waals surface area contributed by atoms with Gasteiger partial charge in [-0.1, -0.05) is 17.4 Å². The topological polar surface area (TPSA) is 128 Å². The van der Waals surface area contributed by atoms with Gasteiger partial charge in [-0.2, -0.15) is 0 Å². The third-order valence-corrected chi connectivity index (χ3v) is 7.66. The number of fused-ring (bicyclic) bond motifs is 2. The molecule has 2 N–H and O–H groups in total. The van der Waals surface area contributed by atoms with Crippen LogP contribution < -0.4 is 23.8 Å². The van der Waals surface area contributed by atoms with Crippen molar-refractivity contribution in [3.8, 4) is 28.7 Å². The molecule has 4 aromatic rings. The number of Topliss-reactive ketones (excluding diaryl/α,β-unsaturated/α-hetero) is 1. The first-order valence-corrected chi connectivity index (χ1v) is 13.3. The van der Waals surface area contributed by atoms with E-state index < -0.39 is 17.7 Å². The summed E-state index contributed by atoms with van der Waals surface area (Å²) in [6.45, 7) is 3.13. The van der Waals surface area contributed by atoms with Gasteiger partial charge in [-0.3, -0.25) is 14.5 Å². The van der Waals surface area contributed by atoms with Gasteiger partial charge in [0, 0.05) is 5.56 Å². The zero-order valence-corrected chi connectivity index (χ0v) is 22.4. The van der Waals surface area contributed by atoms with Gasteiger partial charge in [-0.05, 0) is 61.0 Å². The van der Waals surface area contributed by atoms with Crippen molar-refractivity contribution in [1.29, 1.82) is 0 Å². The average molecular weight is 561 g/mol. The van der Waals surface area contributed by atoms with E-state index in [0.717, 1.165) is 4.70 Å². The molecule has 6 rings (SSSR count). The number of aromatic nitrogens is 1. The Kier molecular flexibility index (Phi) is 6.43. The van der Waals surface area contributed by atoms with Crippen LogP contribution >= 0.6 is 11.3 Å². The Balaban J connectivity index is 1.53. The van der Waals surface area contributed by atoms with Crippen molar-refractivity contribution in [1.82, 2.24) is 4.98 Å². The molecule has 0 spiro atoms. The first-order valence-electron chi connectivity index (χ1n) is 12.5. The second-order valence-electron chi connectivity index (χ2n) is 9.02. The number of methoxy groups -OCH3 is 1. The molecule has 0 aliphatic carbocycles. The number of aliphatic hydroxyl groups excluding tert-OH is 1. The highest BCUT2D eigenvalue weighted by atomic mass is 32.1. The molecule has 40 heavy (non-hydrogen) atoms. The minimum Gasteiger partial charge on any atom is -0.507 e. The highest BCUT2D eigenvalue weighted by Crippen LogP contribution is 2.46. The lowest BCUT2D eigenvalue weighted by atomic mass is 9.95. The minimum absolute atomic E-state index is 0.113. The SMILES string of the molecule is CCOc1ccc2nc(N3C(=O)C(=O)C(=C(O)c4ccc5c(c4)OCCO5)[C@H]3c3ccc(O)c(OC)c3)sc2c1. The van der Waals surface area contributed by atoms with E-state index >= 15 is 0 Å². The van der Waals surface area contributed by atoms with E-state index in [2.05, 4.69) is 4.98 Å². The smallest absolute Gasteiger partial charge is 0.301 e. The van der Waals surface area contributed by atoms with Crippen LogP contribution in [0.5, 0.6) is 28.7 Å². The van der Waals surface area contributed by atoms with E-state index in [9.17, 15) is 19.8 Å². The van der Waals surface area contributed by atoms with Crippen LogP contribution in [0.2, 0.25) is 0 Å². The molecule has 1 atom stereocenters. The van der Waals surface area contributed by atoms with Crippen LogP contribution in [0, 0.1) is 0 Å². The van der Waals surface area contributed by atoms with Gasteiger partial charge in [0.2, 0.25) is 0 Å². The Labute approximate surface area is 232 Å². The number of hydrogen-bond donors (Lipinski definition) is 2. The van der Waals surface area contributed by atoms with Crippen molar-refractivity contribution in [2.24, 2.45) is 0 Å². The molecule has 3 aromatic carbocycles. The molecule has 1 aromatic heterocycles. The van der Waals surface area contributed by atoms with E-state index in [1.807, 2.05) is 13.0 Å². The van der Waals surface area contributed by atoms with Crippen molar-refractivity contribution < 1.29 is 38.7 Å². The van der Waals surface area contributed by atoms with Crippen LogP contribution in [-0.2, 0) is 9.59 Å². The molecular formula is C29H24N2O8S. The summed E-state index contributed by atoms with van der Waals surface area (Å²) in [6.07, 6.45) is 0. The molecule has 10 nitrogen and oxygen atoms in total. The maximum atomic E-state index is 13.6. The zero-order valence-electron chi connectivity index (χ0n) is 21.5. The van der Waals surface area contributed by atoms with Gasteiger partial charge >= 0.3 is 5.91 Å². The summed E-state index contributed by atoms with van der Waals surface area (Å²) in [5, 5.41) is 22.0. The lowest BCUT2D eigenvalue weighted by molar-refractivity contribution is -0.132. The van der Waals surface area contributed by atoms with Gasteiger partial charge in [0.1, 0.15) is 24.7 Å². The number of rotatable bonds is 6. The van der Waals surface area contributed by atoms with Gasteiger partial charge < -0.3 is 29.2 Å². The van der Waals surface area contributed by atoms with E-state index in [1.54, 1.807) is 36.4 Å². The largest absolute Gasteiger partial charge is 0.507 e. The van der Waals surface area contributed by atoms with Crippen LogP contribution in [0.25, 0.3) is 16.0 Å². The van der Waals surface area contributed by atoms with Crippen molar-refractivity contribution in [2.75, 3.05) is 31.8 Å². The highest BCUT2D eigenvalue weighted by Gasteiger charge is 2.48. The molecule has 0 bridgehead atoms. The molecule has 11 heteroatoms. The number of phenolic OH excluding ortho intramolecular Hbond substituents is 1. The number of carbonyl (C=O) groups is 2. The maximum Gasteiger partial charge on any atom is 0.301 e. The number of nitrogens with zero attached hydrogens (tertiary/aromatic N) is 2. The number of aliphatic hydroxyl groups is 1. The minimum atomic E-state index is -1.06. The summed E-state index contributed by atoms with van der Waals surface area (Å²) < 4.78 is 22.9. The molecule has 2 aliphatic heterocycles. The van der Waals surface area contributed by atoms with Crippen molar-refractivity contribution >= 4 is 44.1 Å². The maximum absolute atomic E-state index is 13.6. The van der Waals surface area contributed by atoms with Gasteiger partial charge in [0.25, 0.3) is 5.78 Å². The number of benzene rings is 3. The Morgan fingerprint density at radius 1 is 1.07 bits per heavy atom. The third kappa shape index (κ3) is 4.24. The summed E-state index contributed by atoms with van der Waals surface area (Å²) in [6, 6.07) is 13.6. The number of ketones is 1. The fourth-order valence-electron chi connectivity index (χ4n) is 4.81. The number of hydrogen-bond acceptors (Lipinski definition) is 10. The van der Waals surface area contributed by atoms with Crippen molar-refractivity contribution in [3.05, 3.63) is 71.3 Å². The summed E-state index contributed by atoms with van der Waals surface area (Å²) in [5.41, 5.74) is 1.20. The van der Waals surface area contributed by atoms with E-state index in [4.69, 9.17) is 18.9 Å². The molecule has 2 aliphatic rings. The fourth-order valence-corrected chi connectivity index (χ4v) is 5.83. The van der Waals surface area contributed by atoms with E-state index in [1.165, 1.54) is 35.5 Å². The van der Waals surface area contributed by atoms with Crippen molar-refractivity contribution in [3.63, 3.8) is 0 Å². The predicted molar refractivity (Wildman–Crippen MR) is 148 cm³/mol. The summed E-state index contributed by atoms with van der Waals surface area (Å²) >= 11 is 1.22. The molecule has 1 saturated heterocycles. The van der Waals surface area contributed by atoms with Gasteiger partial charge in [0.15, 0.2) is 28.1 Å². The second-order valence-corrected chi connectivity index (χ2v) is 10.0. The first-order chi connectivity index (χ1) is 19.4. The Morgan fingerprint density at radius 3 is 2.65 bits per heavy atom. The Bertz CT molecular complexity index is 1690. The van der Waals surface area contributed by atoms with Crippen LogP contribution in [0.4, 0.5) is 5.13 Å². The normalized spacial score (nSPS) is 17.9. The summed E-state index contributed by atoms with van der Waals surface area (Å²) in [4.78, 5) is 33.0. The average Bonchev–Trinajstić information content (AvgIpc) is 3.50.